The first-order chi connectivity index (χ1) is 11.0. The average molecular weight is 324 g/mol. The minimum absolute atomic E-state index is 0.0182. The third-order valence-electron chi connectivity index (χ3n) is 3.68. The van der Waals surface area contributed by atoms with Gasteiger partial charge in [-0.05, 0) is 13.3 Å². The molecule has 1 aromatic rings. The Balaban J connectivity index is 1.74. The number of hydrogen-bond donors (Lipinski definition) is 1. The number of morpholine rings is 1. The van der Waals surface area contributed by atoms with Gasteiger partial charge < -0.3 is 19.5 Å². The Kier molecular flexibility index (Phi) is 6.54. The molecule has 1 saturated heterocycles. The standard InChI is InChI=1S/C15H24N4O4/c1-12-10-14(17-23-12)16-15(21)11-19(13(2)20)5-3-4-18-6-8-22-9-7-18/h10H,3-9,11H2,1-2H3,(H,16,17,21). The molecule has 0 aliphatic carbocycles. The molecule has 1 aromatic heterocycles. The Morgan fingerprint density at radius 3 is 2.74 bits per heavy atom. The number of carbonyl (C=O) groups is 2. The molecule has 1 aliphatic rings. The van der Waals surface area contributed by atoms with Crippen molar-refractivity contribution < 1.29 is 18.8 Å². The van der Waals surface area contributed by atoms with Crippen molar-refractivity contribution in [2.75, 3.05) is 51.3 Å². The van der Waals surface area contributed by atoms with Crippen LogP contribution in [0.3, 0.4) is 0 Å². The van der Waals surface area contributed by atoms with E-state index in [-0.39, 0.29) is 18.4 Å². The lowest BCUT2D eigenvalue weighted by Crippen LogP contribution is -2.40. The third kappa shape index (κ3) is 5.99. The fourth-order valence-corrected chi connectivity index (χ4v) is 2.44. The Morgan fingerprint density at radius 1 is 1.39 bits per heavy atom. The number of aryl methyl sites for hydroxylation is 1. The summed E-state index contributed by atoms with van der Waals surface area (Å²) >= 11 is 0. The number of aromatic nitrogens is 1. The molecule has 8 nitrogen and oxygen atoms in total. The number of hydrogen-bond acceptors (Lipinski definition) is 6. The normalized spacial score (nSPS) is 15.4. The molecule has 1 fully saturated rings. The summed E-state index contributed by atoms with van der Waals surface area (Å²) in [5.74, 6) is 0.594. The summed E-state index contributed by atoms with van der Waals surface area (Å²) in [6, 6.07) is 1.63. The van der Waals surface area contributed by atoms with E-state index in [1.807, 2.05) is 0 Å². The van der Waals surface area contributed by atoms with E-state index in [2.05, 4.69) is 15.4 Å². The maximum absolute atomic E-state index is 12.0. The summed E-state index contributed by atoms with van der Waals surface area (Å²) in [6.45, 7) is 8.06. The first kappa shape index (κ1) is 17.4. The van der Waals surface area contributed by atoms with E-state index < -0.39 is 0 Å². The largest absolute Gasteiger partial charge is 0.379 e. The highest BCUT2D eigenvalue weighted by Gasteiger charge is 2.16. The number of nitrogens with zero attached hydrogens (tertiary/aromatic N) is 3. The predicted octanol–water partition coefficient (Wildman–Crippen LogP) is 0.492. The maximum Gasteiger partial charge on any atom is 0.245 e. The minimum atomic E-state index is -0.278. The average Bonchev–Trinajstić information content (AvgIpc) is 2.92. The number of carbonyl (C=O) groups excluding carboxylic acids is 2. The van der Waals surface area contributed by atoms with Crippen molar-refractivity contribution in [1.29, 1.82) is 0 Å². The molecule has 8 heteroatoms. The molecule has 0 radical (unpaired) electrons. The van der Waals surface area contributed by atoms with E-state index in [4.69, 9.17) is 9.26 Å². The molecule has 2 rings (SSSR count). The van der Waals surface area contributed by atoms with E-state index in [1.54, 1.807) is 17.9 Å². The van der Waals surface area contributed by atoms with Crippen molar-refractivity contribution in [2.45, 2.75) is 20.3 Å². The Hall–Kier alpha value is -1.93. The first-order valence-corrected chi connectivity index (χ1v) is 7.83. The van der Waals surface area contributed by atoms with Crippen molar-refractivity contribution in [3.8, 4) is 0 Å². The van der Waals surface area contributed by atoms with Gasteiger partial charge in [-0.2, -0.15) is 0 Å². The molecular weight excluding hydrogens is 300 g/mol. The SMILES string of the molecule is CC(=O)N(CCCN1CCOCC1)CC(=O)Nc1cc(C)on1. The molecule has 23 heavy (non-hydrogen) atoms. The fraction of sp³-hybridized carbons (Fsp3) is 0.667. The van der Waals surface area contributed by atoms with Crippen LogP contribution in [0.2, 0.25) is 0 Å². The summed E-state index contributed by atoms with van der Waals surface area (Å²) in [6.07, 6.45) is 0.829. The topological polar surface area (TPSA) is 87.9 Å². The lowest BCUT2D eigenvalue weighted by atomic mass is 10.3. The predicted molar refractivity (Wildman–Crippen MR) is 84.0 cm³/mol. The van der Waals surface area contributed by atoms with Gasteiger partial charge in [0, 0.05) is 39.2 Å². The van der Waals surface area contributed by atoms with E-state index in [0.717, 1.165) is 39.3 Å². The van der Waals surface area contributed by atoms with Gasteiger partial charge in [-0.15, -0.1) is 0 Å². The van der Waals surface area contributed by atoms with Gasteiger partial charge in [0.1, 0.15) is 5.76 Å². The van der Waals surface area contributed by atoms with E-state index >= 15 is 0 Å². The maximum atomic E-state index is 12.0. The van der Waals surface area contributed by atoms with Gasteiger partial charge in [0.2, 0.25) is 11.8 Å². The second-order valence-electron chi connectivity index (χ2n) is 5.62. The van der Waals surface area contributed by atoms with Crippen molar-refractivity contribution in [1.82, 2.24) is 15.0 Å². The highest BCUT2D eigenvalue weighted by atomic mass is 16.5. The molecule has 0 aromatic carbocycles. The molecular formula is C15H24N4O4. The van der Waals surface area contributed by atoms with E-state index in [0.29, 0.717) is 18.1 Å². The Labute approximate surface area is 135 Å². The van der Waals surface area contributed by atoms with Crippen LogP contribution < -0.4 is 5.32 Å². The Morgan fingerprint density at radius 2 is 2.13 bits per heavy atom. The van der Waals surface area contributed by atoms with Crippen molar-refractivity contribution in [3.63, 3.8) is 0 Å². The lowest BCUT2D eigenvalue weighted by molar-refractivity contribution is -0.132. The molecule has 1 N–H and O–H groups in total. The van der Waals surface area contributed by atoms with Crippen molar-refractivity contribution >= 4 is 17.6 Å². The lowest BCUT2D eigenvalue weighted by Gasteiger charge is -2.27. The molecule has 0 spiro atoms. The van der Waals surface area contributed by atoms with E-state index in [1.165, 1.54) is 6.92 Å². The second-order valence-corrected chi connectivity index (χ2v) is 5.62. The zero-order chi connectivity index (χ0) is 16.7. The van der Waals surface area contributed by atoms with Crippen molar-refractivity contribution in [3.05, 3.63) is 11.8 Å². The van der Waals surface area contributed by atoms with Crippen LogP contribution in [-0.4, -0.2) is 72.7 Å². The number of nitrogens with one attached hydrogen (secondary N) is 1. The van der Waals surface area contributed by atoms with Crippen LogP contribution in [0.15, 0.2) is 10.6 Å². The van der Waals surface area contributed by atoms with Gasteiger partial charge in [-0.25, -0.2) is 0 Å². The van der Waals surface area contributed by atoms with E-state index in [9.17, 15) is 9.59 Å². The third-order valence-corrected chi connectivity index (χ3v) is 3.68. The number of ether oxygens (including phenoxy) is 1. The van der Waals surface area contributed by atoms with Gasteiger partial charge >= 0.3 is 0 Å². The number of rotatable bonds is 7. The van der Waals surface area contributed by atoms with Crippen molar-refractivity contribution in [2.24, 2.45) is 0 Å². The molecule has 0 atom stereocenters. The van der Waals surface area contributed by atoms with Gasteiger partial charge in [0.25, 0.3) is 0 Å². The molecule has 0 bridgehead atoms. The summed E-state index contributed by atoms with van der Waals surface area (Å²) in [5, 5.41) is 6.33. The molecule has 1 aliphatic heterocycles. The van der Waals surface area contributed by atoms with Crippen LogP contribution in [0.4, 0.5) is 5.82 Å². The highest BCUT2D eigenvalue weighted by molar-refractivity contribution is 5.93. The highest BCUT2D eigenvalue weighted by Crippen LogP contribution is 2.07. The zero-order valence-corrected chi connectivity index (χ0v) is 13.7. The van der Waals surface area contributed by atoms with Gasteiger partial charge in [-0.3, -0.25) is 14.5 Å². The van der Waals surface area contributed by atoms with Crippen LogP contribution in [0.1, 0.15) is 19.1 Å². The summed E-state index contributed by atoms with van der Waals surface area (Å²) < 4.78 is 10.2. The zero-order valence-electron chi connectivity index (χ0n) is 13.7. The van der Waals surface area contributed by atoms with Gasteiger partial charge in [0.05, 0.1) is 19.8 Å². The van der Waals surface area contributed by atoms with Crippen LogP contribution in [0.25, 0.3) is 0 Å². The van der Waals surface area contributed by atoms with Crippen LogP contribution in [0.5, 0.6) is 0 Å². The molecule has 0 saturated carbocycles. The second kappa shape index (κ2) is 8.64. The van der Waals surface area contributed by atoms with Crippen LogP contribution in [-0.2, 0) is 14.3 Å². The van der Waals surface area contributed by atoms with Crippen LogP contribution >= 0.6 is 0 Å². The molecule has 128 valence electrons. The quantitative estimate of drug-likeness (QED) is 0.785. The smallest absolute Gasteiger partial charge is 0.245 e. The Bertz CT molecular complexity index is 525. The minimum Gasteiger partial charge on any atom is -0.379 e. The molecule has 2 heterocycles. The first-order valence-electron chi connectivity index (χ1n) is 7.83. The van der Waals surface area contributed by atoms with Crippen LogP contribution in [0, 0.1) is 6.92 Å². The van der Waals surface area contributed by atoms with Gasteiger partial charge in [0.15, 0.2) is 5.82 Å². The monoisotopic (exact) mass is 324 g/mol. The molecule has 0 unspecified atom stereocenters. The fourth-order valence-electron chi connectivity index (χ4n) is 2.44. The van der Waals surface area contributed by atoms with Gasteiger partial charge in [-0.1, -0.05) is 5.16 Å². The number of anilines is 1. The summed E-state index contributed by atoms with van der Waals surface area (Å²) in [4.78, 5) is 27.5. The molecule has 2 amide bonds. The summed E-state index contributed by atoms with van der Waals surface area (Å²) in [7, 11) is 0. The summed E-state index contributed by atoms with van der Waals surface area (Å²) in [5.41, 5.74) is 0. The number of amides is 2.